The number of methoxy groups -OCH3 is 1. The van der Waals surface area contributed by atoms with E-state index >= 15 is 0 Å². The summed E-state index contributed by atoms with van der Waals surface area (Å²) in [5.41, 5.74) is 12.2. The molecule has 0 aliphatic rings. The van der Waals surface area contributed by atoms with Gasteiger partial charge in [-0.1, -0.05) is 29.5 Å². The van der Waals surface area contributed by atoms with Gasteiger partial charge in [-0.15, -0.1) is 5.10 Å². The molecule has 0 spiro atoms. The molecule has 1 amide bonds. The Morgan fingerprint density at radius 3 is 2.45 bits per heavy atom. The maximum absolute atomic E-state index is 13.0. The van der Waals surface area contributed by atoms with Crippen LogP contribution in [0.2, 0.25) is 0 Å². The van der Waals surface area contributed by atoms with Crippen molar-refractivity contribution in [2.75, 3.05) is 12.1 Å². The molecule has 0 aliphatic carbocycles. The Labute approximate surface area is 179 Å². The Morgan fingerprint density at radius 1 is 1.03 bits per heavy atom. The van der Waals surface area contributed by atoms with Gasteiger partial charge in [0.2, 0.25) is 0 Å². The molecule has 8 nitrogen and oxygen atoms in total. The quantitative estimate of drug-likeness (QED) is 0.451. The molecule has 0 saturated carbocycles. The Balaban J connectivity index is 1.67. The van der Waals surface area contributed by atoms with Crippen LogP contribution in [0.5, 0.6) is 5.75 Å². The average molecular weight is 414 g/mol. The van der Waals surface area contributed by atoms with Crippen molar-refractivity contribution in [3.8, 4) is 11.4 Å². The standard InChI is InChI=1S/C23H22N6O2/c1-31-22-12-10-17(11-13-22)23(30)26-29(19-6-3-2-4-7-19)21-9-5-8-20(14-21)28-16-18(15-24)25-27-28/h2-14,16H,15,24H2,1H3,(H,26,30). The van der Waals surface area contributed by atoms with E-state index in [2.05, 4.69) is 15.7 Å². The zero-order valence-electron chi connectivity index (χ0n) is 17.0. The molecule has 3 aromatic carbocycles. The first-order chi connectivity index (χ1) is 15.2. The smallest absolute Gasteiger partial charge is 0.270 e. The lowest BCUT2D eigenvalue weighted by Crippen LogP contribution is -2.39. The van der Waals surface area contributed by atoms with Crippen molar-refractivity contribution in [1.82, 2.24) is 20.4 Å². The highest BCUT2D eigenvalue weighted by atomic mass is 16.5. The summed E-state index contributed by atoms with van der Waals surface area (Å²) < 4.78 is 6.82. The number of aromatic nitrogens is 3. The first-order valence-corrected chi connectivity index (χ1v) is 9.70. The maximum Gasteiger partial charge on any atom is 0.270 e. The van der Waals surface area contributed by atoms with Gasteiger partial charge in [0.25, 0.3) is 5.91 Å². The lowest BCUT2D eigenvalue weighted by molar-refractivity contribution is 0.0953. The lowest BCUT2D eigenvalue weighted by atomic mass is 10.2. The number of hydrogen-bond donors (Lipinski definition) is 2. The number of hydrogen-bond acceptors (Lipinski definition) is 6. The number of benzene rings is 3. The fraction of sp³-hybridized carbons (Fsp3) is 0.0870. The molecule has 4 rings (SSSR count). The predicted octanol–water partition coefficient (Wildman–Crippen LogP) is 3.22. The minimum Gasteiger partial charge on any atom is -0.497 e. The number of anilines is 2. The number of nitrogens with one attached hydrogen (secondary N) is 1. The van der Waals surface area contributed by atoms with E-state index in [1.165, 1.54) is 0 Å². The summed E-state index contributed by atoms with van der Waals surface area (Å²) in [6, 6.07) is 24.2. The number of para-hydroxylation sites is 1. The van der Waals surface area contributed by atoms with Gasteiger partial charge in [-0.25, -0.2) is 4.68 Å². The van der Waals surface area contributed by atoms with E-state index in [0.29, 0.717) is 23.6 Å². The summed E-state index contributed by atoms with van der Waals surface area (Å²) in [5.74, 6) is 0.442. The topological polar surface area (TPSA) is 98.3 Å². The molecule has 0 bridgehead atoms. The van der Waals surface area contributed by atoms with Crippen molar-refractivity contribution >= 4 is 17.3 Å². The Kier molecular flexibility index (Phi) is 5.91. The highest BCUT2D eigenvalue weighted by molar-refractivity contribution is 5.96. The van der Waals surface area contributed by atoms with Gasteiger partial charge in [0, 0.05) is 12.1 Å². The molecule has 3 N–H and O–H groups in total. The van der Waals surface area contributed by atoms with Gasteiger partial charge in [-0.3, -0.25) is 15.2 Å². The monoisotopic (exact) mass is 414 g/mol. The van der Waals surface area contributed by atoms with Crippen molar-refractivity contribution in [2.45, 2.75) is 6.54 Å². The van der Waals surface area contributed by atoms with Crippen LogP contribution in [0, 0.1) is 0 Å². The molecule has 0 radical (unpaired) electrons. The van der Waals surface area contributed by atoms with Gasteiger partial charge in [0.05, 0.1) is 36.1 Å². The second kappa shape index (κ2) is 9.10. The molecule has 1 aromatic heterocycles. The largest absolute Gasteiger partial charge is 0.497 e. The van der Waals surface area contributed by atoms with Gasteiger partial charge < -0.3 is 10.5 Å². The number of nitrogens with zero attached hydrogens (tertiary/aromatic N) is 4. The zero-order chi connectivity index (χ0) is 21.6. The van der Waals surface area contributed by atoms with Gasteiger partial charge >= 0.3 is 0 Å². The Morgan fingerprint density at radius 2 is 1.77 bits per heavy atom. The van der Waals surface area contributed by atoms with Gasteiger partial charge in [0.1, 0.15) is 5.75 Å². The van der Waals surface area contributed by atoms with E-state index in [4.69, 9.17) is 10.5 Å². The van der Waals surface area contributed by atoms with Crippen molar-refractivity contribution in [3.63, 3.8) is 0 Å². The number of hydrazine groups is 1. The third-order valence-electron chi connectivity index (χ3n) is 4.68. The number of ether oxygens (including phenoxy) is 1. The first-order valence-electron chi connectivity index (χ1n) is 9.70. The summed E-state index contributed by atoms with van der Waals surface area (Å²) in [6.45, 7) is 0.313. The number of amides is 1. The Hall–Kier alpha value is -4.17. The van der Waals surface area contributed by atoms with E-state index in [1.807, 2.05) is 54.6 Å². The highest BCUT2D eigenvalue weighted by Crippen LogP contribution is 2.25. The van der Waals surface area contributed by atoms with Crippen LogP contribution in [-0.2, 0) is 6.54 Å². The molecule has 8 heteroatoms. The molecule has 0 aliphatic heterocycles. The molecular formula is C23H22N6O2. The third kappa shape index (κ3) is 4.54. The predicted molar refractivity (Wildman–Crippen MR) is 118 cm³/mol. The van der Waals surface area contributed by atoms with Crippen molar-refractivity contribution < 1.29 is 9.53 Å². The second-order valence-electron chi connectivity index (χ2n) is 6.72. The van der Waals surface area contributed by atoms with Crippen molar-refractivity contribution in [1.29, 1.82) is 0 Å². The minimum atomic E-state index is -0.247. The van der Waals surface area contributed by atoms with Crippen LogP contribution in [0.4, 0.5) is 11.4 Å². The fourth-order valence-corrected chi connectivity index (χ4v) is 3.06. The van der Waals surface area contributed by atoms with Crippen LogP contribution in [0.25, 0.3) is 5.69 Å². The maximum atomic E-state index is 13.0. The number of carbonyl (C=O) groups excluding carboxylic acids is 1. The van der Waals surface area contributed by atoms with E-state index < -0.39 is 0 Å². The summed E-state index contributed by atoms with van der Waals surface area (Å²) >= 11 is 0. The number of rotatable bonds is 7. The molecule has 0 unspecified atom stereocenters. The van der Waals surface area contributed by atoms with Gasteiger partial charge in [-0.05, 0) is 54.6 Å². The SMILES string of the molecule is COc1ccc(C(=O)NN(c2ccccc2)c2cccc(-n3cc(CN)nn3)c2)cc1. The fourth-order valence-electron chi connectivity index (χ4n) is 3.06. The van der Waals surface area contributed by atoms with E-state index in [1.54, 1.807) is 47.3 Å². The number of carbonyl (C=O) groups is 1. The molecule has 4 aromatic rings. The highest BCUT2D eigenvalue weighted by Gasteiger charge is 2.15. The second-order valence-corrected chi connectivity index (χ2v) is 6.72. The summed E-state index contributed by atoms with van der Waals surface area (Å²) in [7, 11) is 1.59. The van der Waals surface area contributed by atoms with Crippen LogP contribution >= 0.6 is 0 Å². The third-order valence-corrected chi connectivity index (χ3v) is 4.68. The molecule has 31 heavy (non-hydrogen) atoms. The van der Waals surface area contributed by atoms with Crippen LogP contribution in [0.15, 0.2) is 85.1 Å². The normalized spacial score (nSPS) is 10.5. The summed E-state index contributed by atoms with van der Waals surface area (Å²) in [5, 5.41) is 9.90. The average Bonchev–Trinajstić information content (AvgIpc) is 3.32. The van der Waals surface area contributed by atoms with Crippen LogP contribution < -0.4 is 20.9 Å². The molecular weight excluding hydrogens is 392 g/mol. The molecule has 0 saturated heterocycles. The van der Waals surface area contributed by atoms with Crippen LogP contribution in [0.1, 0.15) is 16.1 Å². The number of nitrogens with two attached hydrogens (primary N) is 1. The van der Waals surface area contributed by atoms with E-state index in [9.17, 15) is 4.79 Å². The van der Waals surface area contributed by atoms with Crippen LogP contribution in [-0.4, -0.2) is 28.0 Å². The first kappa shape index (κ1) is 20.1. The lowest BCUT2D eigenvalue weighted by Gasteiger charge is -2.26. The van der Waals surface area contributed by atoms with Crippen molar-refractivity contribution in [3.05, 3.63) is 96.3 Å². The molecule has 0 atom stereocenters. The Bertz CT molecular complexity index is 1160. The van der Waals surface area contributed by atoms with Crippen molar-refractivity contribution in [2.24, 2.45) is 5.73 Å². The summed E-state index contributed by atoms with van der Waals surface area (Å²) in [4.78, 5) is 13.0. The minimum absolute atomic E-state index is 0.247. The van der Waals surface area contributed by atoms with Crippen LogP contribution in [0.3, 0.4) is 0 Å². The van der Waals surface area contributed by atoms with E-state index in [0.717, 1.165) is 17.1 Å². The van der Waals surface area contributed by atoms with E-state index in [-0.39, 0.29) is 5.91 Å². The van der Waals surface area contributed by atoms with Gasteiger partial charge in [0.15, 0.2) is 0 Å². The molecule has 156 valence electrons. The summed E-state index contributed by atoms with van der Waals surface area (Å²) in [6.07, 6.45) is 1.78. The molecule has 1 heterocycles. The molecule has 0 fully saturated rings. The van der Waals surface area contributed by atoms with Gasteiger partial charge in [-0.2, -0.15) is 0 Å². The zero-order valence-corrected chi connectivity index (χ0v) is 17.0.